The molecule has 2 aliphatic heterocycles. The van der Waals surface area contributed by atoms with Crippen LogP contribution in [-0.4, -0.2) is 52.5 Å². The molecule has 1 aromatic carbocycles. The number of phenolic OH excluding ortho intramolecular Hbond substituents is 1. The molecule has 2 saturated heterocycles. The van der Waals surface area contributed by atoms with Crippen molar-refractivity contribution in [2.45, 2.75) is 62.4 Å². The first-order valence-electron chi connectivity index (χ1n) is 13.6. The molecule has 6 heteroatoms. The number of carbonyl (C=O) groups is 1. The number of rotatable bonds is 3. The summed E-state index contributed by atoms with van der Waals surface area (Å²) in [6, 6.07) is 12.0. The molecule has 1 N–H and O–H groups in total. The van der Waals surface area contributed by atoms with E-state index in [1.165, 1.54) is 43.1 Å². The molecule has 4 bridgehead atoms. The van der Waals surface area contributed by atoms with Crippen molar-refractivity contribution in [3.8, 4) is 5.75 Å². The Labute approximate surface area is 206 Å². The molecule has 6 nitrogen and oxygen atoms in total. The van der Waals surface area contributed by atoms with Crippen LogP contribution in [0.4, 0.5) is 0 Å². The van der Waals surface area contributed by atoms with Crippen molar-refractivity contribution in [2.24, 2.45) is 23.2 Å². The topological polar surface area (TPSA) is 70.7 Å². The molecule has 1 aromatic heterocycles. The lowest BCUT2D eigenvalue weighted by Crippen LogP contribution is -2.70. The van der Waals surface area contributed by atoms with Crippen molar-refractivity contribution in [3.63, 3.8) is 0 Å². The van der Waals surface area contributed by atoms with Crippen LogP contribution in [0, 0.1) is 28.4 Å². The molecule has 0 radical (unpaired) electrons. The van der Waals surface area contributed by atoms with Crippen LogP contribution in [0.5, 0.6) is 5.75 Å². The molecule has 0 unspecified atom stereocenters. The van der Waals surface area contributed by atoms with E-state index in [0.717, 1.165) is 49.4 Å². The highest BCUT2D eigenvalue weighted by molar-refractivity contribution is 5.91. The van der Waals surface area contributed by atoms with Crippen LogP contribution in [0.1, 0.15) is 60.1 Å². The number of fused-ring (bicyclic) bond motifs is 1. The van der Waals surface area contributed by atoms with Gasteiger partial charge in [-0.05, 0) is 104 Å². The third kappa shape index (κ3) is 2.49. The molecule has 3 saturated carbocycles. The predicted molar refractivity (Wildman–Crippen MR) is 130 cm³/mol. The molecule has 6 atom stereocenters. The molecule has 8 rings (SSSR count). The molecule has 0 spiro atoms. The molecule has 35 heavy (non-hydrogen) atoms. The number of phenols is 1. The van der Waals surface area contributed by atoms with Crippen molar-refractivity contribution in [1.29, 1.82) is 0 Å². The van der Waals surface area contributed by atoms with Crippen molar-refractivity contribution in [1.82, 2.24) is 9.80 Å². The van der Waals surface area contributed by atoms with Gasteiger partial charge in [-0.25, -0.2) is 0 Å². The normalized spacial score (nSPS) is 38.8. The van der Waals surface area contributed by atoms with Crippen LogP contribution in [0.2, 0.25) is 0 Å². The van der Waals surface area contributed by atoms with Gasteiger partial charge in [0.05, 0.1) is 0 Å². The summed E-state index contributed by atoms with van der Waals surface area (Å²) >= 11 is 0. The average molecular weight is 472 g/mol. The summed E-state index contributed by atoms with van der Waals surface area (Å²) in [6.45, 7) is 3.13. The van der Waals surface area contributed by atoms with Gasteiger partial charge in [0, 0.05) is 42.7 Å². The third-order valence-electron chi connectivity index (χ3n) is 11.1. The predicted octanol–water partition coefficient (Wildman–Crippen LogP) is 3.24. The van der Waals surface area contributed by atoms with Gasteiger partial charge in [-0.2, -0.15) is 4.73 Å². The highest BCUT2D eigenvalue weighted by Crippen LogP contribution is 2.75. The Morgan fingerprint density at radius 1 is 1.17 bits per heavy atom. The zero-order chi connectivity index (χ0) is 23.5. The van der Waals surface area contributed by atoms with Crippen LogP contribution in [0.25, 0.3) is 0 Å². The lowest BCUT2D eigenvalue weighted by atomic mass is 9.43. The summed E-state index contributed by atoms with van der Waals surface area (Å²) in [6.07, 6.45) is 9.75. The molecular formula is C29H33N3O3. The molecule has 1 amide bonds. The largest absolute Gasteiger partial charge is 0.618 e. The highest BCUT2D eigenvalue weighted by Gasteiger charge is 2.76. The number of aromatic nitrogens is 1. The number of pyridine rings is 1. The second-order valence-electron chi connectivity index (χ2n) is 12.3. The quantitative estimate of drug-likeness (QED) is 0.551. The van der Waals surface area contributed by atoms with Gasteiger partial charge in [-0.3, -0.25) is 9.69 Å². The molecule has 2 aromatic rings. The monoisotopic (exact) mass is 471 g/mol. The minimum Gasteiger partial charge on any atom is -0.618 e. The number of aromatic hydroxyl groups is 1. The minimum absolute atomic E-state index is 0.0246. The van der Waals surface area contributed by atoms with Crippen LogP contribution in [0.3, 0.4) is 0 Å². The summed E-state index contributed by atoms with van der Waals surface area (Å²) in [5.41, 5.74) is 3.30. The maximum absolute atomic E-state index is 13.7. The van der Waals surface area contributed by atoms with E-state index in [1.54, 1.807) is 18.2 Å². The van der Waals surface area contributed by atoms with Gasteiger partial charge in [-0.1, -0.05) is 6.07 Å². The van der Waals surface area contributed by atoms with Crippen LogP contribution >= 0.6 is 0 Å². The average Bonchev–Trinajstić information content (AvgIpc) is 3.54. The maximum Gasteiger partial charge on any atom is 0.320 e. The van der Waals surface area contributed by atoms with Gasteiger partial charge in [0.25, 0.3) is 5.69 Å². The summed E-state index contributed by atoms with van der Waals surface area (Å²) in [7, 11) is 0. The number of likely N-dealkylation sites (tertiary alicyclic amines) is 2. The Bertz CT molecular complexity index is 1240. The second-order valence-corrected chi connectivity index (χ2v) is 12.3. The first kappa shape index (κ1) is 20.6. The Hall–Kier alpha value is -2.60. The Morgan fingerprint density at radius 2 is 2.06 bits per heavy atom. The van der Waals surface area contributed by atoms with Crippen molar-refractivity contribution < 1.29 is 14.6 Å². The zero-order valence-electron chi connectivity index (χ0n) is 20.1. The fraction of sp³-hybridized carbons (Fsp3) is 0.586. The Morgan fingerprint density at radius 3 is 2.89 bits per heavy atom. The molecule has 182 valence electrons. The van der Waals surface area contributed by atoms with Gasteiger partial charge in [-0.15, -0.1) is 0 Å². The first-order valence-corrected chi connectivity index (χ1v) is 13.6. The van der Waals surface area contributed by atoms with Crippen LogP contribution < -0.4 is 4.73 Å². The van der Waals surface area contributed by atoms with E-state index in [2.05, 4.69) is 21.9 Å². The molecule has 5 fully saturated rings. The fourth-order valence-electron chi connectivity index (χ4n) is 9.92. The van der Waals surface area contributed by atoms with Gasteiger partial charge in [0.2, 0.25) is 0 Å². The zero-order valence-corrected chi connectivity index (χ0v) is 20.1. The smallest absolute Gasteiger partial charge is 0.320 e. The van der Waals surface area contributed by atoms with Crippen molar-refractivity contribution >= 4 is 5.91 Å². The second kappa shape index (κ2) is 6.78. The van der Waals surface area contributed by atoms with E-state index in [1.807, 2.05) is 6.07 Å². The summed E-state index contributed by atoms with van der Waals surface area (Å²) in [5.74, 6) is 2.02. The molecule has 4 aliphatic carbocycles. The summed E-state index contributed by atoms with van der Waals surface area (Å²) in [5, 5.41) is 23.0. The number of hydrogen-bond donors (Lipinski definition) is 1. The van der Waals surface area contributed by atoms with Gasteiger partial charge >= 0.3 is 5.91 Å². The number of benzene rings is 1. The highest BCUT2D eigenvalue weighted by atomic mass is 16.5. The fourth-order valence-corrected chi connectivity index (χ4v) is 9.92. The lowest BCUT2D eigenvalue weighted by molar-refractivity contribution is -0.608. The number of amides is 1. The maximum atomic E-state index is 13.7. The van der Waals surface area contributed by atoms with E-state index >= 15 is 0 Å². The molecule has 3 heterocycles. The first-order chi connectivity index (χ1) is 17.0. The minimum atomic E-state index is -0.112. The molecular weight excluding hydrogens is 438 g/mol. The standard InChI is InChI=1S/C29H33N3O3/c33-21-7-6-19-13-25-28-9-8-23-26(29(28,22(19)14-21)10-12-30(25)16-18-4-5-18)20(15-28)17-31(23)27(34)24-3-1-2-11-32(24)35/h1-3,6-7,11,14,18,20,23,25-26,33H,4-5,8-10,12-13,15-17H2/t20-,23-,25-,26-,28-,29+/m1/s1. The Balaban J connectivity index is 1.25. The third-order valence-corrected chi connectivity index (χ3v) is 11.1. The van der Waals surface area contributed by atoms with E-state index in [0.29, 0.717) is 23.6 Å². The van der Waals surface area contributed by atoms with Gasteiger partial charge in [0.15, 0.2) is 6.20 Å². The van der Waals surface area contributed by atoms with E-state index < -0.39 is 0 Å². The van der Waals surface area contributed by atoms with Crippen molar-refractivity contribution in [2.75, 3.05) is 19.6 Å². The van der Waals surface area contributed by atoms with E-state index in [9.17, 15) is 15.1 Å². The number of carbonyl (C=O) groups excluding carboxylic acids is 1. The van der Waals surface area contributed by atoms with Crippen LogP contribution in [-0.2, 0) is 11.8 Å². The van der Waals surface area contributed by atoms with Crippen LogP contribution in [0.15, 0.2) is 42.6 Å². The van der Waals surface area contributed by atoms with Gasteiger partial charge < -0.3 is 15.2 Å². The lowest BCUT2D eigenvalue weighted by Gasteiger charge is -2.66. The van der Waals surface area contributed by atoms with E-state index in [4.69, 9.17) is 0 Å². The molecule has 6 aliphatic rings. The number of hydrogen-bond acceptors (Lipinski definition) is 4. The van der Waals surface area contributed by atoms with E-state index in [-0.39, 0.29) is 28.5 Å². The number of piperidine rings is 1. The Kier molecular flexibility index (Phi) is 3.99. The summed E-state index contributed by atoms with van der Waals surface area (Å²) in [4.78, 5) is 18.6. The van der Waals surface area contributed by atoms with Crippen molar-refractivity contribution in [3.05, 3.63) is 64.6 Å². The van der Waals surface area contributed by atoms with Gasteiger partial charge in [0.1, 0.15) is 5.75 Å². The summed E-state index contributed by atoms with van der Waals surface area (Å²) < 4.78 is 0.724. The number of nitrogens with zero attached hydrogens (tertiary/aromatic N) is 3. The SMILES string of the molecule is O=C(c1cccc[n+]1[O-])N1C[C@H]2C[C@@]34CC[C@@H]1[C@@H]2[C@@]31CCN(CC2CC2)[C@@H]4Cc2ccc(O)cc21.